The number of sulfonamides is 1. The first-order valence-corrected chi connectivity index (χ1v) is 13.9. The summed E-state index contributed by atoms with van der Waals surface area (Å²) in [5.74, 6) is -1.36. The summed E-state index contributed by atoms with van der Waals surface area (Å²) in [6.07, 6.45) is -3.41. The number of halogens is 6. The van der Waals surface area contributed by atoms with Gasteiger partial charge in [-0.2, -0.15) is 13.2 Å². The van der Waals surface area contributed by atoms with Crippen LogP contribution in [0.4, 0.5) is 18.9 Å². The molecule has 0 spiro atoms. The maximum Gasteiger partial charge on any atom is 0.416 e. The Morgan fingerprint density at radius 1 is 1.03 bits per heavy atom. The fraction of sp³-hybridized carbons (Fsp3) is 0.391. The summed E-state index contributed by atoms with van der Waals surface area (Å²) in [6.45, 7) is 2.55. The van der Waals surface area contributed by atoms with Crippen molar-refractivity contribution in [3.8, 4) is 0 Å². The Morgan fingerprint density at radius 3 is 2.19 bits per heavy atom. The second-order valence-corrected chi connectivity index (χ2v) is 11.3. The number of alkyl halides is 3. The van der Waals surface area contributed by atoms with Gasteiger partial charge in [-0.3, -0.25) is 13.9 Å². The molecule has 0 radical (unpaired) electrons. The van der Waals surface area contributed by atoms with E-state index < -0.39 is 51.9 Å². The highest BCUT2D eigenvalue weighted by Gasteiger charge is 2.34. The average Bonchev–Trinajstić information content (AvgIpc) is 2.80. The number of benzene rings is 2. The zero-order chi connectivity index (χ0) is 28.1. The van der Waals surface area contributed by atoms with Gasteiger partial charge in [0.2, 0.25) is 21.8 Å². The van der Waals surface area contributed by atoms with Crippen molar-refractivity contribution in [3.05, 3.63) is 62.6 Å². The molecule has 0 saturated carbocycles. The van der Waals surface area contributed by atoms with Crippen LogP contribution in [-0.4, -0.2) is 50.5 Å². The highest BCUT2D eigenvalue weighted by Crippen LogP contribution is 2.36. The van der Waals surface area contributed by atoms with E-state index in [1.54, 1.807) is 6.07 Å². The van der Waals surface area contributed by atoms with Crippen LogP contribution in [0.5, 0.6) is 0 Å². The Labute approximate surface area is 228 Å². The van der Waals surface area contributed by atoms with Crippen molar-refractivity contribution in [2.75, 3.05) is 23.7 Å². The molecule has 0 aliphatic carbocycles. The molecule has 2 aromatic carbocycles. The van der Waals surface area contributed by atoms with Crippen LogP contribution in [0.3, 0.4) is 0 Å². The van der Waals surface area contributed by atoms with Gasteiger partial charge in [-0.25, -0.2) is 8.42 Å². The molecule has 7 nitrogen and oxygen atoms in total. The molecule has 1 atom stereocenters. The molecule has 0 aliphatic rings. The quantitative estimate of drug-likeness (QED) is 0.396. The molecule has 0 bridgehead atoms. The van der Waals surface area contributed by atoms with Crippen molar-refractivity contribution in [2.24, 2.45) is 0 Å². The highest BCUT2D eigenvalue weighted by molar-refractivity contribution is 7.92. The van der Waals surface area contributed by atoms with Gasteiger partial charge in [0, 0.05) is 13.1 Å². The predicted octanol–water partition coefficient (Wildman–Crippen LogP) is 5.38. The number of anilines is 1. The van der Waals surface area contributed by atoms with E-state index in [-0.39, 0.29) is 21.6 Å². The Kier molecular flexibility index (Phi) is 10.5. The van der Waals surface area contributed by atoms with Gasteiger partial charge in [0.25, 0.3) is 0 Å². The van der Waals surface area contributed by atoms with E-state index in [2.05, 4.69) is 5.32 Å². The number of amides is 2. The smallest absolute Gasteiger partial charge is 0.354 e. The van der Waals surface area contributed by atoms with E-state index in [1.807, 2.05) is 6.92 Å². The molecule has 0 heterocycles. The van der Waals surface area contributed by atoms with Gasteiger partial charge in [0.15, 0.2) is 0 Å². The summed E-state index contributed by atoms with van der Waals surface area (Å²) in [5.41, 5.74) is -1.18. The predicted molar refractivity (Wildman–Crippen MR) is 138 cm³/mol. The molecular formula is C23H25Cl3F3N3O4S. The van der Waals surface area contributed by atoms with Gasteiger partial charge in [-0.05, 0) is 49.2 Å². The van der Waals surface area contributed by atoms with Crippen LogP contribution >= 0.6 is 34.8 Å². The number of hydrogen-bond donors (Lipinski definition) is 1. The van der Waals surface area contributed by atoms with Gasteiger partial charge in [-0.15, -0.1) is 0 Å². The first-order chi connectivity index (χ1) is 17.1. The molecule has 1 N–H and O–H groups in total. The molecule has 37 heavy (non-hydrogen) atoms. The molecule has 2 aromatic rings. The standard InChI is InChI=1S/C23H25Cl3F3N3O4S/c1-4-9-30-22(34)14(2)31(12-15-5-7-17(24)19(26)10-15)21(33)13-32(37(3,35)36)20-11-16(23(27,28)29)6-8-18(20)25/h5-8,10-11,14H,4,9,12-13H2,1-3H3,(H,30,34)/t14-/m1/s1. The number of nitrogens with zero attached hydrogens (tertiary/aromatic N) is 2. The lowest BCUT2D eigenvalue weighted by atomic mass is 10.1. The van der Waals surface area contributed by atoms with Crippen LogP contribution in [0.25, 0.3) is 0 Å². The van der Waals surface area contributed by atoms with Gasteiger partial charge >= 0.3 is 6.18 Å². The first kappa shape index (κ1) is 31.0. The lowest BCUT2D eigenvalue weighted by molar-refractivity contribution is -0.139. The highest BCUT2D eigenvalue weighted by atomic mass is 35.5. The number of nitrogens with one attached hydrogen (secondary N) is 1. The summed E-state index contributed by atoms with van der Waals surface area (Å²) < 4.78 is 65.6. The second-order valence-electron chi connectivity index (χ2n) is 8.17. The minimum atomic E-state index is -4.78. The van der Waals surface area contributed by atoms with Crippen LogP contribution in [0, 0.1) is 0 Å². The topological polar surface area (TPSA) is 86.8 Å². The maximum atomic E-state index is 13.5. The van der Waals surface area contributed by atoms with Crippen molar-refractivity contribution in [1.82, 2.24) is 10.2 Å². The third-order valence-electron chi connectivity index (χ3n) is 5.27. The van der Waals surface area contributed by atoms with E-state index in [0.717, 1.165) is 17.2 Å². The molecule has 0 aromatic heterocycles. The Balaban J connectivity index is 2.50. The SMILES string of the molecule is CCCNC(=O)[C@@H](C)N(Cc1ccc(Cl)c(Cl)c1)C(=O)CN(c1cc(C(F)(F)F)ccc1Cl)S(C)(=O)=O. The van der Waals surface area contributed by atoms with E-state index in [1.165, 1.54) is 19.1 Å². The van der Waals surface area contributed by atoms with Crippen LogP contribution in [0.1, 0.15) is 31.4 Å². The van der Waals surface area contributed by atoms with Gasteiger partial charge < -0.3 is 10.2 Å². The molecule has 0 aliphatic heterocycles. The van der Waals surface area contributed by atoms with Crippen molar-refractivity contribution < 1.29 is 31.2 Å². The summed E-state index contributed by atoms with van der Waals surface area (Å²) in [7, 11) is -4.28. The fourth-order valence-electron chi connectivity index (χ4n) is 3.29. The number of hydrogen-bond acceptors (Lipinski definition) is 4. The molecule has 14 heteroatoms. The number of carbonyl (C=O) groups excluding carboxylic acids is 2. The van der Waals surface area contributed by atoms with Crippen molar-refractivity contribution in [3.63, 3.8) is 0 Å². The minimum Gasteiger partial charge on any atom is -0.354 e. The first-order valence-electron chi connectivity index (χ1n) is 10.9. The lowest BCUT2D eigenvalue weighted by Crippen LogP contribution is -2.51. The Hall–Kier alpha value is -2.21. The molecular weight excluding hydrogens is 578 g/mol. The molecule has 2 amide bonds. The van der Waals surface area contributed by atoms with Crippen LogP contribution in [0.2, 0.25) is 15.1 Å². The van der Waals surface area contributed by atoms with Gasteiger partial charge in [0.1, 0.15) is 12.6 Å². The van der Waals surface area contributed by atoms with E-state index in [0.29, 0.717) is 35.0 Å². The molecule has 0 unspecified atom stereocenters. The third kappa shape index (κ3) is 8.39. The zero-order valence-corrected chi connectivity index (χ0v) is 23.2. The van der Waals surface area contributed by atoms with Gasteiger partial charge in [0.05, 0.1) is 32.6 Å². The van der Waals surface area contributed by atoms with Crippen molar-refractivity contribution in [2.45, 2.75) is 39.0 Å². The minimum absolute atomic E-state index is 0.162. The molecule has 0 fully saturated rings. The summed E-state index contributed by atoms with van der Waals surface area (Å²) >= 11 is 18.1. The van der Waals surface area contributed by atoms with Crippen LogP contribution < -0.4 is 9.62 Å². The monoisotopic (exact) mass is 601 g/mol. The average molecular weight is 603 g/mol. The number of carbonyl (C=O) groups is 2. The third-order valence-corrected chi connectivity index (χ3v) is 7.46. The van der Waals surface area contributed by atoms with Gasteiger partial charge in [-0.1, -0.05) is 47.8 Å². The fourth-order valence-corrected chi connectivity index (χ4v) is 4.73. The molecule has 0 saturated heterocycles. The summed E-state index contributed by atoms with van der Waals surface area (Å²) in [6, 6.07) is 5.64. The summed E-state index contributed by atoms with van der Waals surface area (Å²) in [4.78, 5) is 27.3. The second kappa shape index (κ2) is 12.6. The lowest BCUT2D eigenvalue weighted by Gasteiger charge is -2.32. The van der Waals surface area contributed by atoms with E-state index in [9.17, 15) is 31.2 Å². The Morgan fingerprint density at radius 2 is 1.65 bits per heavy atom. The normalized spacial score (nSPS) is 12.7. The summed E-state index contributed by atoms with van der Waals surface area (Å²) in [5, 5.41) is 2.82. The van der Waals surface area contributed by atoms with E-state index >= 15 is 0 Å². The largest absolute Gasteiger partial charge is 0.416 e. The maximum absolute atomic E-state index is 13.5. The van der Waals surface area contributed by atoms with E-state index in [4.69, 9.17) is 34.8 Å². The van der Waals surface area contributed by atoms with Crippen molar-refractivity contribution >= 4 is 62.3 Å². The Bertz CT molecular complexity index is 1260. The van der Waals surface area contributed by atoms with Crippen LogP contribution in [-0.2, 0) is 32.3 Å². The van der Waals surface area contributed by atoms with Crippen LogP contribution in [0.15, 0.2) is 36.4 Å². The number of rotatable bonds is 10. The molecule has 2 rings (SSSR count). The molecule has 204 valence electrons. The zero-order valence-electron chi connectivity index (χ0n) is 20.1. The van der Waals surface area contributed by atoms with Crippen molar-refractivity contribution in [1.29, 1.82) is 0 Å².